The van der Waals surface area contributed by atoms with Gasteiger partial charge in [-0.15, -0.1) is 10.2 Å². The lowest BCUT2D eigenvalue weighted by atomic mass is 9.97. The van der Waals surface area contributed by atoms with E-state index in [4.69, 9.17) is 0 Å². The summed E-state index contributed by atoms with van der Waals surface area (Å²) in [5.41, 5.74) is 0. The van der Waals surface area contributed by atoms with Crippen LogP contribution >= 0.6 is 0 Å². The lowest BCUT2D eigenvalue weighted by molar-refractivity contribution is -0.127. The summed E-state index contributed by atoms with van der Waals surface area (Å²) in [6, 6.07) is 0.0540. The fourth-order valence-electron chi connectivity index (χ4n) is 3.36. The van der Waals surface area contributed by atoms with E-state index in [1.807, 2.05) is 11.5 Å². The molecule has 1 fully saturated rings. The molecule has 9 heteroatoms. The number of rotatable bonds is 3. The van der Waals surface area contributed by atoms with E-state index in [9.17, 15) is 13.2 Å². The summed E-state index contributed by atoms with van der Waals surface area (Å²) in [5.74, 6) is 1.52. The number of sulfonamides is 1. The molecule has 1 saturated heterocycles. The molecule has 2 aliphatic rings. The third-order valence-electron chi connectivity index (χ3n) is 4.70. The molecule has 2 aliphatic heterocycles. The van der Waals surface area contributed by atoms with Gasteiger partial charge in [0.1, 0.15) is 11.6 Å². The van der Waals surface area contributed by atoms with E-state index in [2.05, 4.69) is 15.5 Å². The maximum absolute atomic E-state index is 12.5. The van der Waals surface area contributed by atoms with Gasteiger partial charge in [-0.2, -0.15) is 0 Å². The Bertz CT molecular complexity index is 699. The summed E-state index contributed by atoms with van der Waals surface area (Å²) in [5, 5.41) is 11.3. The summed E-state index contributed by atoms with van der Waals surface area (Å²) in [4.78, 5) is 12.5. The summed E-state index contributed by atoms with van der Waals surface area (Å²) < 4.78 is 26.8. The number of piperidine rings is 1. The molecule has 0 radical (unpaired) electrons. The van der Waals surface area contributed by atoms with Gasteiger partial charge < -0.3 is 9.88 Å². The zero-order valence-electron chi connectivity index (χ0n) is 13.5. The van der Waals surface area contributed by atoms with Crippen molar-refractivity contribution in [3.8, 4) is 0 Å². The molecular formula is C14H23N5O3S. The Kier molecular flexibility index (Phi) is 4.41. The van der Waals surface area contributed by atoms with Crippen LogP contribution in [0.5, 0.6) is 0 Å². The molecule has 1 N–H and O–H groups in total. The highest BCUT2D eigenvalue weighted by molar-refractivity contribution is 7.88. The average molecular weight is 341 g/mol. The highest BCUT2D eigenvalue weighted by Gasteiger charge is 2.32. The normalized spacial score (nSPS) is 25.8. The van der Waals surface area contributed by atoms with Crippen LogP contribution in [0.25, 0.3) is 0 Å². The van der Waals surface area contributed by atoms with Gasteiger partial charge >= 0.3 is 0 Å². The summed E-state index contributed by atoms with van der Waals surface area (Å²) in [6.07, 6.45) is 4.30. The molecule has 128 valence electrons. The van der Waals surface area contributed by atoms with Crippen molar-refractivity contribution in [3.05, 3.63) is 11.6 Å². The molecule has 2 atom stereocenters. The number of carbonyl (C=O) groups is 1. The SMILES string of the molecule is Cc1nnc2n1C[C@@H](NC(=O)[C@H]1CCCN(S(C)(=O)=O)C1)CC2. The van der Waals surface area contributed by atoms with Crippen LogP contribution in [0.2, 0.25) is 0 Å². The van der Waals surface area contributed by atoms with Gasteiger partial charge in [-0.25, -0.2) is 12.7 Å². The number of hydrogen-bond acceptors (Lipinski definition) is 5. The van der Waals surface area contributed by atoms with Gasteiger partial charge in [0.05, 0.1) is 12.2 Å². The standard InChI is InChI=1S/C14H23N5O3S/c1-10-16-17-13-6-5-12(9-19(10)13)15-14(20)11-4-3-7-18(8-11)23(2,21)22/h11-12H,3-9H2,1-2H3,(H,15,20)/t11-,12-/m0/s1. The van der Waals surface area contributed by atoms with E-state index < -0.39 is 10.0 Å². The van der Waals surface area contributed by atoms with Crippen molar-refractivity contribution >= 4 is 15.9 Å². The van der Waals surface area contributed by atoms with Gasteiger partial charge in [0.25, 0.3) is 0 Å². The molecule has 0 aliphatic carbocycles. The molecule has 3 heterocycles. The van der Waals surface area contributed by atoms with E-state index in [1.54, 1.807) is 0 Å². The van der Waals surface area contributed by atoms with Crippen molar-refractivity contribution in [1.82, 2.24) is 24.4 Å². The second kappa shape index (κ2) is 6.20. The zero-order chi connectivity index (χ0) is 16.6. The van der Waals surface area contributed by atoms with Gasteiger partial charge in [-0.05, 0) is 26.2 Å². The number of amides is 1. The number of hydrogen-bond donors (Lipinski definition) is 1. The minimum absolute atomic E-state index is 0.0440. The first-order valence-corrected chi connectivity index (χ1v) is 9.83. The predicted octanol–water partition coefficient (Wildman–Crippen LogP) is -0.311. The number of nitrogens with zero attached hydrogens (tertiary/aromatic N) is 4. The Morgan fingerprint density at radius 1 is 1.26 bits per heavy atom. The van der Waals surface area contributed by atoms with E-state index in [1.165, 1.54) is 10.6 Å². The first-order valence-electron chi connectivity index (χ1n) is 7.99. The van der Waals surface area contributed by atoms with Crippen molar-refractivity contribution < 1.29 is 13.2 Å². The summed E-state index contributed by atoms with van der Waals surface area (Å²) >= 11 is 0. The number of aryl methyl sites for hydroxylation is 2. The fraction of sp³-hybridized carbons (Fsp3) is 0.786. The molecule has 8 nitrogen and oxygen atoms in total. The summed E-state index contributed by atoms with van der Waals surface area (Å²) in [7, 11) is -3.23. The maximum atomic E-state index is 12.5. The molecule has 1 amide bonds. The van der Waals surface area contributed by atoms with Gasteiger partial charge in [-0.3, -0.25) is 4.79 Å². The van der Waals surface area contributed by atoms with E-state index in [-0.39, 0.29) is 24.4 Å². The predicted molar refractivity (Wildman–Crippen MR) is 84.2 cm³/mol. The van der Waals surface area contributed by atoms with Crippen LogP contribution in [0.15, 0.2) is 0 Å². The average Bonchev–Trinajstić information content (AvgIpc) is 2.88. The second-order valence-electron chi connectivity index (χ2n) is 6.48. The van der Waals surface area contributed by atoms with Crippen LogP contribution in [0.4, 0.5) is 0 Å². The van der Waals surface area contributed by atoms with Crippen LogP contribution in [0, 0.1) is 12.8 Å². The van der Waals surface area contributed by atoms with Gasteiger partial charge in [0.2, 0.25) is 15.9 Å². The van der Waals surface area contributed by atoms with E-state index in [0.717, 1.165) is 37.3 Å². The Balaban J connectivity index is 1.60. The topological polar surface area (TPSA) is 97.2 Å². The molecule has 0 spiro atoms. The van der Waals surface area contributed by atoms with E-state index >= 15 is 0 Å². The number of carbonyl (C=O) groups excluding carboxylic acids is 1. The monoisotopic (exact) mass is 341 g/mol. The molecule has 1 aromatic heterocycles. The lowest BCUT2D eigenvalue weighted by Gasteiger charge is -2.32. The molecule has 0 unspecified atom stereocenters. The molecule has 0 bridgehead atoms. The van der Waals surface area contributed by atoms with Crippen molar-refractivity contribution in [2.45, 2.75) is 45.2 Å². The Hall–Kier alpha value is -1.48. The smallest absolute Gasteiger partial charge is 0.224 e. The first-order chi connectivity index (χ1) is 10.8. The van der Waals surface area contributed by atoms with E-state index in [0.29, 0.717) is 13.1 Å². The lowest BCUT2D eigenvalue weighted by Crippen LogP contribution is -2.49. The molecule has 1 aromatic rings. The van der Waals surface area contributed by atoms with Gasteiger partial charge in [0, 0.05) is 32.1 Å². The molecule has 3 rings (SSSR count). The van der Waals surface area contributed by atoms with Crippen molar-refractivity contribution in [3.63, 3.8) is 0 Å². The second-order valence-corrected chi connectivity index (χ2v) is 8.46. The van der Waals surface area contributed by atoms with Gasteiger partial charge in [-0.1, -0.05) is 0 Å². The third-order valence-corrected chi connectivity index (χ3v) is 5.97. The molecule has 23 heavy (non-hydrogen) atoms. The molecule has 0 aromatic carbocycles. The maximum Gasteiger partial charge on any atom is 0.224 e. The van der Waals surface area contributed by atoms with Crippen LogP contribution in [0.3, 0.4) is 0 Å². The zero-order valence-corrected chi connectivity index (χ0v) is 14.3. The van der Waals surface area contributed by atoms with Crippen LogP contribution in [-0.2, 0) is 27.8 Å². The van der Waals surface area contributed by atoms with Crippen LogP contribution in [0.1, 0.15) is 30.9 Å². The minimum Gasteiger partial charge on any atom is -0.351 e. The number of nitrogens with one attached hydrogen (secondary N) is 1. The first kappa shape index (κ1) is 16.4. The highest BCUT2D eigenvalue weighted by atomic mass is 32.2. The molecule has 0 saturated carbocycles. The van der Waals surface area contributed by atoms with Gasteiger partial charge in [0.15, 0.2) is 0 Å². The number of fused-ring (bicyclic) bond motifs is 1. The molecular weight excluding hydrogens is 318 g/mol. The van der Waals surface area contributed by atoms with Crippen molar-refractivity contribution in [2.75, 3.05) is 19.3 Å². The summed E-state index contributed by atoms with van der Waals surface area (Å²) in [6.45, 7) is 3.39. The Morgan fingerprint density at radius 2 is 2.04 bits per heavy atom. The Morgan fingerprint density at radius 3 is 2.78 bits per heavy atom. The Labute approximate surface area is 136 Å². The third kappa shape index (κ3) is 3.55. The largest absolute Gasteiger partial charge is 0.351 e. The quantitative estimate of drug-likeness (QED) is 0.813. The van der Waals surface area contributed by atoms with Crippen molar-refractivity contribution in [1.29, 1.82) is 0 Å². The highest BCUT2D eigenvalue weighted by Crippen LogP contribution is 2.20. The van der Waals surface area contributed by atoms with Crippen molar-refractivity contribution in [2.24, 2.45) is 5.92 Å². The fourth-order valence-corrected chi connectivity index (χ4v) is 4.27. The van der Waals surface area contributed by atoms with Crippen LogP contribution < -0.4 is 5.32 Å². The minimum atomic E-state index is -3.23. The number of aromatic nitrogens is 3. The van der Waals surface area contributed by atoms with Crippen LogP contribution in [-0.4, -0.2) is 58.8 Å².